The molecular formula is C14H15N3O3. The summed E-state index contributed by atoms with van der Waals surface area (Å²) >= 11 is 0. The molecule has 0 aliphatic rings. The van der Waals surface area contributed by atoms with E-state index in [4.69, 9.17) is 15.4 Å². The number of aryl methyl sites for hydroxylation is 1. The second-order valence-corrected chi connectivity index (χ2v) is 4.31. The molecule has 0 fully saturated rings. The van der Waals surface area contributed by atoms with Crippen molar-refractivity contribution in [3.05, 3.63) is 53.5 Å². The molecule has 0 radical (unpaired) electrons. The van der Waals surface area contributed by atoms with Gasteiger partial charge in [0, 0.05) is 12.1 Å². The third kappa shape index (κ3) is 3.17. The molecular weight excluding hydrogens is 258 g/mol. The molecule has 2 aromatic rings. The summed E-state index contributed by atoms with van der Waals surface area (Å²) in [6.45, 7) is 1.73. The number of anilines is 1. The number of oxime groups is 1. The van der Waals surface area contributed by atoms with E-state index in [-0.39, 0.29) is 11.7 Å². The normalized spacial score (nSPS) is 11.3. The maximum atomic E-state index is 12.0. The van der Waals surface area contributed by atoms with E-state index in [2.05, 4.69) is 10.5 Å². The molecule has 1 heterocycles. The van der Waals surface area contributed by atoms with Crippen molar-refractivity contribution in [2.45, 2.75) is 13.3 Å². The van der Waals surface area contributed by atoms with E-state index in [1.807, 2.05) is 0 Å². The molecule has 0 saturated carbocycles. The zero-order valence-corrected chi connectivity index (χ0v) is 11.0. The predicted molar refractivity (Wildman–Crippen MR) is 75.0 cm³/mol. The number of furan rings is 1. The molecule has 0 spiro atoms. The van der Waals surface area contributed by atoms with Crippen LogP contribution in [-0.2, 0) is 6.42 Å². The topological polar surface area (TPSA) is 101 Å². The average Bonchev–Trinajstić information content (AvgIpc) is 2.87. The average molecular weight is 273 g/mol. The van der Waals surface area contributed by atoms with Gasteiger partial charge in [-0.2, -0.15) is 0 Å². The highest BCUT2D eigenvalue weighted by molar-refractivity contribution is 6.04. The highest BCUT2D eigenvalue weighted by Gasteiger charge is 2.11. The molecule has 0 bridgehead atoms. The van der Waals surface area contributed by atoms with Gasteiger partial charge in [-0.3, -0.25) is 4.79 Å². The second-order valence-electron chi connectivity index (χ2n) is 4.31. The minimum absolute atomic E-state index is 0.135. The fraction of sp³-hybridized carbons (Fsp3) is 0.143. The van der Waals surface area contributed by atoms with Crippen molar-refractivity contribution in [3.8, 4) is 0 Å². The molecule has 0 unspecified atom stereocenters. The first-order valence-corrected chi connectivity index (χ1v) is 6.01. The van der Waals surface area contributed by atoms with Gasteiger partial charge in [-0.1, -0.05) is 17.3 Å². The first kappa shape index (κ1) is 13.7. The monoisotopic (exact) mass is 273 g/mol. The molecule has 1 aromatic heterocycles. The number of nitrogens with one attached hydrogen (secondary N) is 1. The van der Waals surface area contributed by atoms with Gasteiger partial charge in [0.1, 0.15) is 11.6 Å². The van der Waals surface area contributed by atoms with E-state index in [0.29, 0.717) is 23.4 Å². The Morgan fingerprint density at radius 3 is 2.60 bits per heavy atom. The van der Waals surface area contributed by atoms with Crippen molar-refractivity contribution in [2.75, 3.05) is 5.32 Å². The Hall–Kier alpha value is -2.76. The Morgan fingerprint density at radius 1 is 1.35 bits per heavy atom. The molecule has 0 aliphatic carbocycles. The standard InChI is InChI=1S/C14H15N3O3/c1-9-12(6-7-20-9)14(18)16-11-4-2-10(3-5-11)8-13(15)17-19/h2-7,19H,8H2,1H3,(H2,15,17)(H,16,18). The van der Waals surface area contributed by atoms with E-state index < -0.39 is 0 Å². The zero-order valence-electron chi connectivity index (χ0n) is 11.0. The lowest BCUT2D eigenvalue weighted by Gasteiger charge is -2.06. The summed E-state index contributed by atoms with van der Waals surface area (Å²) in [5.41, 5.74) is 7.48. The lowest BCUT2D eigenvalue weighted by Crippen LogP contribution is -2.15. The van der Waals surface area contributed by atoms with Crippen molar-refractivity contribution in [1.82, 2.24) is 0 Å². The fourth-order valence-electron chi connectivity index (χ4n) is 1.77. The Morgan fingerprint density at radius 2 is 2.05 bits per heavy atom. The SMILES string of the molecule is Cc1occc1C(=O)Nc1ccc(CC(N)=NO)cc1. The van der Waals surface area contributed by atoms with Gasteiger partial charge in [0.15, 0.2) is 0 Å². The van der Waals surface area contributed by atoms with Gasteiger partial charge in [-0.25, -0.2) is 0 Å². The maximum Gasteiger partial charge on any atom is 0.259 e. The molecule has 4 N–H and O–H groups in total. The molecule has 0 aliphatic heterocycles. The van der Waals surface area contributed by atoms with Crippen LogP contribution in [0.5, 0.6) is 0 Å². The van der Waals surface area contributed by atoms with Crippen LogP contribution >= 0.6 is 0 Å². The van der Waals surface area contributed by atoms with Gasteiger partial charge < -0.3 is 20.7 Å². The van der Waals surface area contributed by atoms with E-state index >= 15 is 0 Å². The Balaban J connectivity index is 2.04. The van der Waals surface area contributed by atoms with E-state index in [1.165, 1.54) is 6.26 Å². The number of benzene rings is 1. The largest absolute Gasteiger partial charge is 0.469 e. The van der Waals surface area contributed by atoms with Crippen molar-refractivity contribution >= 4 is 17.4 Å². The van der Waals surface area contributed by atoms with E-state index in [9.17, 15) is 4.79 Å². The van der Waals surface area contributed by atoms with Crippen LogP contribution in [0.3, 0.4) is 0 Å². The molecule has 20 heavy (non-hydrogen) atoms. The summed E-state index contributed by atoms with van der Waals surface area (Å²) in [4.78, 5) is 12.0. The van der Waals surface area contributed by atoms with E-state index in [0.717, 1.165) is 5.56 Å². The third-order valence-electron chi connectivity index (χ3n) is 2.83. The van der Waals surface area contributed by atoms with Crippen LogP contribution < -0.4 is 11.1 Å². The van der Waals surface area contributed by atoms with Crippen LogP contribution in [-0.4, -0.2) is 17.0 Å². The summed E-state index contributed by atoms with van der Waals surface area (Å²) in [7, 11) is 0. The lowest BCUT2D eigenvalue weighted by atomic mass is 10.1. The Bertz CT molecular complexity index is 629. The number of carbonyl (C=O) groups excluding carboxylic acids is 1. The number of hydrogen-bond acceptors (Lipinski definition) is 4. The fourth-order valence-corrected chi connectivity index (χ4v) is 1.77. The highest BCUT2D eigenvalue weighted by atomic mass is 16.4. The minimum Gasteiger partial charge on any atom is -0.469 e. The van der Waals surface area contributed by atoms with Gasteiger partial charge in [0.25, 0.3) is 5.91 Å². The summed E-state index contributed by atoms with van der Waals surface area (Å²) in [6.07, 6.45) is 1.83. The van der Waals surface area contributed by atoms with Crippen LogP contribution in [0.1, 0.15) is 21.7 Å². The summed E-state index contributed by atoms with van der Waals surface area (Å²) in [6, 6.07) is 8.74. The number of amidine groups is 1. The van der Waals surface area contributed by atoms with Gasteiger partial charge in [0.2, 0.25) is 0 Å². The minimum atomic E-state index is -0.222. The number of nitrogens with two attached hydrogens (primary N) is 1. The summed E-state index contributed by atoms with van der Waals surface area (Å²) in [5, 5.41) is 14.2. The van der Waals surface area contributed by atoms with E-state index in [1.54, 1.807) is 37.3 Å². The van der Waals surface area contributed by atoms with Crippen LogP contribution in [0, 0.1) is 6.92 Å². The number of carbonyl (C=O) groups is 1. The predicted octanol–water partition coefficient (Wildman–Crippen LogP) is 2.13. The van der Waals surface area contributed by atoms with Crippen molar-refractivity contribution in [1.29, 1.82) is 0 Å². The van der Waals surface area contributed by atoms with Crippen LogP contribution in [0.4, 0.5) is 5.69 Å². The Labute approximate surface area is 115 Å². The van der Waals surface area contributed by atoms with Gasteiger partial charge >= 0.3 is 0 Å². The lowest BCUT2D eigenvalue weighted by molar-refractivity contribution is 0.102. The number of nitrogens with zero attached hydrogens (tertiary/aromatic N) is 1. The first-order chi connectivity index (χ1) is 9.60. The molecule has 6 heteroatoms. The number of amides is 1. The highest BCUT2D eigenvalue weighted by Crippen LogP contribution is 2.14. The number of hydrogen-bond donors (Lipinski definition) is 3. The second kappa shape index (κ2) is 5.92. The quantitative estimate of drug-likeness (QED) is 0.344. The van der Waals surface area contributed by atoms with Crippen LogP contribution in [0.25, 0.3) is 0 Å². The van der Waals surface area contributed by atoms with Crippen molar-refractivity contribution in [3.63, 3.8) is 0 Å². The number of rotatable bonds is 4. The van der Waals surface area contributed by atoms with Crippen molar-refractivity contribution in [2.24, 2.45) is 10.9 Å². The first-order valence-electron chi connectivity index (χ1n) is 6.01. The molecule has 0 atom stereocenters. The summed E-state index contributed by atoms with van der Waals surface area (Å²) < 4.78 is 5.09. The smallest absolute Gasteiger partial charge is 0.259 e. The third-order valence-corrected chi connectivity index (χ3v) is 2.83. The van der Waals surface area contributed by atoms with Gasteiger partial charge in [-0.15, -0.1) is 0 Å². The van der Waals surface area contributed by atoms with Crippen LogP contribution in [0.2, 0.25) is 0 Å². The molecule has 1 amide bonds. The van der Waals surface area contributed by atoms with Gasteiger partial charge in [-0.05, 0) is 30.7 Å². The zero-order chi connectivity index (χ0) is 14.5. The molecule has 6 nitrogen and oxygen atoms in total. The Kier molecular flexibility index (Phi) is 4.05. The van der Waals surface area contributed by atoms with Crippen molar-refractivity contribution < 1.29 is 14.4 Å². The maximum absolute atomic E-state index is 12.0. The molecule has 0 saturated heterocycles. The molecule has 104 valence electrons. The summed E-state index contributed by atoms with van der Waals surface area (Å²) in [5.74, 6) is 0.488. The molecule has 2 rings (SSSR count). The molecule has 1 aromatic carbocycles. The van der Waals surface area contributed by atoms with Gasteiger partial charge in [0.05, 0.1) is 11.8 Å². The van der Waals surface area contributed by atoms with Crippen LogP contribution in [0.15, 0.2) is 46.2 Å².